The van der Waals surface area contributed by atoms with Gasteiger partial charge >= 0.3 is 12.7 Å². The van der Waals surface area contributed by atoms with Gasteiger partial charge in [0.15, 0.2) is 0 Å². The van der Waals surface area contributed by atoms with Crippen LogP contribution in [-0.2, 0) is 4.65 Å². The molecule has 0 heterocycles. The van der Waals surface area contributed by atoms with Gasteiger partial charge in [-0.05, 0) is 5.46 Å². The number of benzene rings is 1. The van der Waals surface area contributed by atoms with Crippen LogP contribution in [0.3, 0.4) is 0 Å². The summed E-state index contributed by atoms with van der Waals surface area (Å²) in [5.41, 5.74) is 0.279. The first-order chi connectivity index (χ1) is 5.99. The third-order valence-corrected chi connectivity index (χ3v) is 1.64. The van der Waals surface area contributed by atoms with E-state index in [4.69, 9.17) is 11.5 Å². The van der Waals surface area contributed by atoms with Gasteiger partial charge in [-0.2, -0.15) is 0 Å². The van der Waals surface area contributed by atoms with Crippen LogP contribution >= 0.6 is 11.5 Å². The Morgan fingerprint density at radius 1 is 1.15 bits per heavy atom. The smallest absolute Gasteiger partial charge is 0.332 e. The standard InChI is InChI=1S/C7H5BClF3O/c9-8(13-7(10,11)12)6-4-2-1-3-5-6/h1-5H. The van der Waals surface area contributed by atoms with Crippen molar-refractivity contribution in [2.45, 2.75) is 6.36 Å². The summed E-state index contributed by atoms with van der Waals surface area (Å²) in [6.07, 6.45) is -6.19. The Balaban J connectivity index is 2.64. The van der Waals surface area contributed by atoms with Gasteiger partial charge in [0.2, 0.25) is 0 Å². The van der Waals surface area contributed by atoms with Crippen molar-refractivity contribution < 1.29 is 17.8 Å². The van der Waals surface area contributed by atoms with Crippen molar-refractivity contribution in [3.05, 3.63) is 30.3 Å². The molecule has 70 valence electrons. The highest BCUT2D eigenvalue weighted by molar-refractivity contribution is 7.10. The molecule has 0 spiro atoms. The van der Waals surface area contributed by atoms with Crippen LogP contribution < -0.4 is 5.46 Å². The molecule has 0 saturated heterocycles. The minimum atomic E-state index is -4.71. The highest BCUT2D eigenvalue weighted by Crippen LogP contribution is 2.18. The summed E-state index contributed by atoms with van der Waals surface area (Å²) in [6.45, 7) is 0. The van der Waals surface area contributed by atoms with E-state index < -0.39 is 12.7 Å². The van der Waals surface area contributed by atoms with Gasteiger partial charge in [0, 0.05) is 0 Å². The molecule has 1 aromatic rings. The zero-order chi connectivity index (χ0) is 9.90. The Bertz CT molecular complexity index is 264. The molecule has 0 aliphatic rings. The fraction of sp³-hybridized carbons (Fsp3) is 0.143. The van der Waals surface area contributed by atoms with Crippen molar-refractivity contribution in [1.29, 1.82) is 0 Å². The maximum absolute atomic E-state index is 11.7. The van der Waals surface area contributed by atoms with E-state index in [-0.39, 0.29) is 5.46 Å². The highest BCUT2D eigenvalue weighted by atomic mass is 35.5. The van der Waals surface area contributed by atoms with Crippen LogP contribution in [0.1, 0.15) is 0 Å². The summed E-state index contributed by atoms with van der Waals surface area (Å²) in [6, 6.07) is 7.78. The molecular weight excluding hydrogens is 203 g/mol. The van der Waals surface area contributed by atoms with Crippen LogP contribution in [0.25, 0.3) is 0 Å². The minimum Gasteiger partial charge on any atom is -0.332 e. The molecule has 0 aliphatic carbocycles. The molecule has 0 aliphatic heterocycles. The molecule has 0 radical (unpaired) electrons. The first kappa shape index (κ1) is 10.4. The molecule has 0 atom stereocenters. The molecule has 0 unspecified atom stereocenters. The van der Waals surface area contributed by atoms with Gasteiger partial charge in [-0.15, -0.1) is 24.6 Å². The summed E-state index contributed by atoms with van der Waals surface area (Å²) >= 11 is 5.35. The lowest BCUT2D eigenvalue weighted by molar-refractivity contribution is -0.276. The van der Waals surface area contributed by atoms with E-state index in [1.165, 1.54) is 12.1 Å². The van der Waals surface area contributed by atoms with Gasteiger partial charge in [0.25, 0.3) is 0 Å². The molecule has 0 bridgehead atoms. The van der Waals surface area contributed by atoms with Crippen molar-refractivity contribution in [3.63, 3.8) is 0 Å². The van der Waals surface area contributed by atoms with E-state index in [0.717, 1.165) is 0 Å². The molecule has 0 fully saturated rings. The van der Waals surface area contributed by atoms with Crippen LogP contribution in [0.5, 0.6) is 0 Å². The van der Waals surface area contributed by atoms with Crippen LogP contribution in [0, 0.1) is 0 Å². The molecule has 0 N–H and O–H groups in total. The maximum Gasteiger partial charge on any atom is 0.509 e. The molecule has 0 aromatic heterocycles. The Morgan fingerprint density at radius 3 is 2.15 bits per heavy atom. The zero-order valence-electron chi connectivity index (χ0n) is 6.38. The van der Waals surface area contributed by atoms with Crippen LogP contribution in [0.2, 0.25) is 0 Å². The summed E-state index contributed by atoms with van der Waals surface area (Å²) in [4.78, 5) is 0. The molecule has 0 saturated carbocycles. The SMILES string of the molecule is FC(F)(F)OB(Cl)c1ccccc1. The summed E-state index contributed by atoms with van der Waals surface area (Å²) < 4.78 is 38.6. The van der Waals surface area contributed by atoms with E-state index in [2.05, 4.69) is 4.65 Å². The summed E-state index contributed by atoms with van der Waals surface area (Å²) in [5, 5.41) is 0. The predicted octanol–water partition coefficient (Wildman–Crippen LogP) is 2.16. The monoisotopic (exact) mass is 208 g/mol. The van der Waals surface area contributed by atoms with E-state index in [1.54, 1.807) is 18.2 Å². The van der Waals surface area contributed by atoms with Crippen LogP contribution in [0.4, 0.5) is 13.2 Å². The zero-order valence-corrected chi connectivity index (χ0v) is 7.14. The lowest BCUT2D eigenvalue weighted by atomic mass is 9.86. The largest absolute Gasteiger partial charge is 0.509 e. The van der Waals surface area contributed by atoms with Crippen LogP contribution in [0.15, 0.2) is 30.3 Å². The second-order valence-corrected chi connectivity index (χ2v) is 2.69. The van der Waals surface area contributed by atoms with E-state index >= 15 is 0 Å². The lowest BCUT2D eigenvalue weighted by Crippen LogP contribution is -2.33. The number of hydrogen-bond acceptors (Lipinski definition) is 1. The second kappa shape index (κ2) is 4.02. The average molecular weight is 208 g/mol. The van der Waals surface area contributed by atoms with Crippen molar-refractivity contribution in [2.75, 3.05) is 0 Å². The molecule has 13 heavy (non-hydrogen) atoms. The number of halogens is 4. The minimum absolute atomic E-state index is 0.279. The summed E-state index contributed by atoms with van der Waals surface area (Å²) in [7, 11) is 0. The topological polar surface area (TPSA) is 9.23 Å². The molecule has 6 heteroatoms. The maximum atomic E-state index is 11.7. The predicted molar refractivity (Wildman–Crippen MR) is 44.8 cm³/mol. The quantitative estimate of drug-likeness (QED) is 0.677. The molecular formula is C7H5BClF3O. The fourth-order valence-electron chi connectivity index (χ4n) is 0.790. The third-order valence-electron chi connectivity index (χ3n) is 1.30. The van der Waals surface area contributed by atoms with E-state index in [1.807, 2.05) is 0 Å². The van der Waals surface area contributed by atoms with E-state index in [0.29, 0.717) is 0 Å². The summed E-state index contributed by atoms with van der Waals surface area (Å²) in [5.74, 6) is 0. The van der Waals surface area contributed by atoms with Gasteiger partial charge in [-0.25, -0.2) is 0 Å². The first-order valence-electron chi connectivity index (χ1n) is 3.42. The van der Waals surface area contributed by atoms with Crippen molar-refractivity contribution in [1.82, 2.24) is 0 Å². The van der Waals surface area contributed by atoms with Gasteiger partial charge in [0.05, 0.1) is 0 Å². The van der Waals surface area contributed by atoms with Gasteiger partial charge < -0.3 is 4.65 Å². The number of hydrogen-bond donors (Lipinski definition) is 0. The van der Waals surface area contributed by atoms with Gasteiger partial charge in [-0.3, -0.25) is 0 Å². The van der Waals surface area contributed by atoms with Gasteiger partial charge in [-0.1, -0.05) is 30.3 Å². The third kappa shape index (κ3) is 3.70. The Kier molecular flexibility index (Phi) is 3.22. The number of alkyl halides is 3. The Labute approximate surface area is 78.5 Å². The highest BCUT2D eigenvalue weighted by Gasteiger charge is 2.35. The average Bonchev–Trinajstić information content (AvgIpc) is 2.03. The molecule has 1 nitrogen and oxygen atoms in total. The number of rotatable bonds is 2. The molecule has 1 rings (SSSR count). The Morgan fingerprint density at radius 2 is 1.69 bits per heavy atom. The van der Waals surface area contributed by atoms with Crippen molar-refractivity contribution in [2.24, 2.45) is 0 Å². The molecule has 1 aromatic carbocycles. The fourth-order valence-corrected chi connectivity index (χ4v) is 1.04. The normalized spacial score (nSPS) is 11.4. The Hall–Kier alpha value is -0.675. The first-order valence-corrected chi connectivity index (χ1v) is 3.86. The van der Waals surface area contributed by atoms with Gasteiger partial charge in [0.1, 0.15) is 0 Å². The van der Waals surface area contributed by atoms with E-state index in [9.17, 15) is 13.2 Å². The lowest BCUT2D eigenvalue weighted by Gasteiger charge is -2.10. The van der Waals surface area contributed by atoms with Crippen molar-refractivity contribution in [3.8, 4) is 0 Å². The van der Waals surface area contributed by atoms with Crippen LogP contribution in [-0.4, -0.2) is 12.7 Å². The van der Waals surface area contributed by atoms with Crippen molar-refractivity contribution >= 4 is 23.3 Å². The molecule has 0 amide bonds. The second-order valence-electron chi connectivity index (χ2n) is 2.29.